The summed E-state index contributed by atoms with van der Waals surface area (Å²) >= 11 is 0. The minimum atomic E-state index is 0.0345. The molecule has 0 saturated heterocycles. The van der Waals surface area contributed by atoms with Crippen LogP contribution in [0.15, 0.2) is 59.6 Å². The SMILES string of the molecule is C1=Nc2ccccc2OC1Cc1ccccc1. The molecule has 0 spiro atoms. The molecule has 0 bridgehead atoms. The fourth-order valence-corrected chi connectivity index (χ4v) is 1.96. The maximum absolute atomic E-state index is 5.89. The fourth-order valence-electron chi connectivity index (χ4n) is 1.96. The van der Waals surface area contributed by atoms with Gasteiger partial charge in [-0.3, -0.25) is 4.99 Å². The molecule has 1 heterocycles. The first kappa shape index (κ1) is 10.1. The molecule has 1 unspecified atom stereocenters. The zero-order chi connectivity index (χ0) is 11.5. The Bertz CT molecular complexity index is 534. The summed E-state index contributed by atoms with van der Waals surface area (Å²) in [6, 6.07) is 18.2. The van der Waals surface area contributed by atoms with Crippen molar-refractivity contribution in [2.45, 2.75) is 12.5 Å². The van der Waals surface area contributed by atoms with Crippen molar-refractivity contribution in [2.24, 2.45) is 4.99 Å². The Kier molecular flexibility index (Phi) is 2.62. The predicted octanol–water partition coefficient (Wildman–Crippen LogP) is 3.39. The molecule has 0 fully saturated rings. The van der Waals surface area contributed by atoms with Gasteiger partial charge in [0.25, 0.3) is 0 Å². The van der Waals surface area contributed by atoms with Gasteiger partial charge in [-0.1, -0.05) is 42.5 Å². The second-order valence-corrected chi connectivity index (χ2v) is 4.09. The van der Waals surface area contributed by atoms with Crippen molar-refractivity contribution < 1.29 is 4.74 Å². The minimum absolute atomic E-state index is 0.0345. The van der Waals surface area contributed by atoms with Crippen LogP contribution in [-0.4, -0.2) is 12.3 Å². The number of rotatable bonds is 2. The van der Waals surface area contributed by atoms with Crippen LogP contribution in [-0.2, 0) is 6.42 Å². The summed E-state index contributed by atoms with van der Waals surface area (Å²) < 4.78 is 5.89. The normalized spacial score (nSPS) is 17.3. The van der Waals surface area contributed by atoms with Crippen molar-refractivity contribution in [3.8, 4) is 5.75 Å². The van der Waals surface area contributed by atoms with Crippen LogP contribution in [0.1, 0.15) is 5.56 Å². The van der Waals surface area contributed by atoms with Gasteiger partial charge in [-0.05, 0) is 17.7 Å². The lowest BCUT2D eigenvalue weighted by Gasteiger charge is -2.20. The van der Waals surface area contributed by atoms with Gasteiger partial charge in [0.05, 0.1) is 0 Å². The lowest BCUT2D eigenvalue weighted by atomic mass is 10.1. The Morgan fingerprint density at radius 3 is 2.59 bits per heavy atom. The van der Waals surface area contributed by atoms with Crippen molar-refractivity contribution >= 4 is 11.9 Å². The van der Waals surface area contributed by atoms with Gasteiger partial charge >= 0.3 is 0 Å². The monoisotopic (exact) mass is 223 g/mol. The second kappa shape index (κ2) is 4.42. The summed E-state index contributed by atoms with van der Waals surface area (Å²) in [6.45, 7) is 0. The molecule has 2 nitrogen and oxygen atoms in total. The highest BCUT2D eigenvalue weighted by Crippen LogP contribution is 2.30. The van der Waals surface area contributed by atoms with Crippen molar-refractivity contribution in [1.82, 2.24) is 0 Å². The Morgan fingerprint density at radius 1 is 0.941 bits per heavy atom. The van der Waals surface area contributed by atoms with Crippen molar-refractivity contribution in [3.63, 3.8) is 0 Å². The average molecular weight is 223 g/mol. The molecule has 3 rings (SSSR count). The van der Waals surface area contributed by atoms with E-state index in [1.807, 2.05) is 48.7 Å². The maximum atomic E-state index is 5.89. The van der Waals surface area contributed by atoms with E-state index in [0.717, 1.165) is 17.9 Å². The highest BCUT2D eigenvalue weighted by molar-refractivity contribution is 5.73. The Hall–Kier alpha value is -2.09. The summed E-state index contributed by atoms with van der Waals surface area (Å²) in [5, 5.41) is 0. The van der Waals surface area contributed by atoms with Crippen LogP contribution >= 0.6 is 0 Å². The van der Waals surface area contributed by atoms with Gasteiger partial charge in [-0.25, -0.2) is 0 Å². The summed E-state index contributed by atoms with van der Waals surface area (Å²) in [5.74, 6) is 0.871. The second-order valence-electron chi connectivity index (χ2n) is 4.09. The Morgan fingerprint density at radius 2 is 1.71 bits per heavy atom. The van der Waals surface area contributed by atoms with E-state index in [1.165, 1.54) is 5.56 Å². The summed E-state index contributed by atoms with van der Waals surface area (Å²) in [7, 11) is 0. The third-order valence-corrected chi connectivity index (χ3v) is 2.80. The van der Waals surface area contributed by atoms with E-state index in [4.69, 9.17) is 4.74 Å². The van der Waals surface area contributed by atoms with Crippen molar-refractivity contribution in [1.29, 1.82) is 0 Å². The zero-order valence-electron chi connectivity index (χ0n) is 9.41. The number of aliphatic imine (C=N–C) groups is 1. The first-order chi connectivity index (χ1) is 8.42. The van der Waals surface area contributed by atoms with Crippen LogP contribution in [0, 0.1) is 0 Å². The molecule has 0 saturated carbocycles. The molecule has 2 aromatic rings. The number of benzene rings is 2. The number of hydrogen-bond donors (Lipinski definition) is 0. The molecular formula is C15H13NO. The Labute approximate surface area is 101 Å². The van der Waals surface area contributed by atoms with Gasteiger partial charge in [-0.15, -0.1) is 0 Å². The van der Waals surface area contributed by atoms with E-state index < -0.39 is 0 Å². The Balaban J connectivity index is 1.77. The third kappa shape index (κ3) is 2.21. The first-order valence-electron chi connectivity index (χ1n) is 5.75. The summed E-state index contributed by atoms with van der Waals surface area (Å²) in [5.41, 5.74) is 2.18. The van der Waals surface area contributed by atoms with Crippen LogP contribution < -0.4 is 4.74 Å². The standard InChI is InChI=1S/C15H13NO/c1-2-6-12(7-3-1)10-13-11-16-14-8-4-5-9-15(14)17-13/h1-9,11,13H,10H2. The van der Waals surface area contributed by atoms with Gasteiger partial charge in [0.15, 0.2) is 0 Å². The summed E-state index contributed by atoms with van der Waals surface area (Å²) in [4.78, 5) is 4.42. The third-order valence-electron chi connectivity index (χ3n) is 2.80. The molecule has 1 aliphatic rings. The molecule has 2 heteroatoms. The van der Waals surface area contributed by atoms with E-state index >= 15 is 0 Å². The van der Waals surface area contributed by atoms with Gasteiger partial charge in [0.2, 0.25) is 0 Å². The van der Waals surface area contributed by atoms with Gasteiger partial charge in [0, 0.05) is 12.6 Å². The van der Waals surface area contributed by atoms with E-state index in [9.17, 15) is 0 Å². The number of para-hydroxylation sites is 2. The van der Waals surface area contributed by atoms with Crippen LogP contribution in [0.4, 0.5) is 5.69 Å². The molecule has 1 aliphatic heterocycles. The van der Waals surface area contributed by atoms with E-state index in [-0.39, 0.29) is 6.10 Å². The predicted molar refractivity (Wildman–Crippen MR) is 69.2 cm³/mol. The van der Waals surface area contributed by atoms with E-state index in [1.54, 1.807) is 0 Å². The molecule has 17 heavy (non-hydrogen) atoms. The zero-order valence-corrected chi connectivity index (χ0v) is 9.41. The van der Waals surface area contributed by atoms with E-state index in [2.05, 4.69) is 17.1 Å². The fraction of sp³-hybridized carbons (Fsp3) is 0.133. The topological polar surface area (TPSA) is 21.6 Å². The van der Waals surface area contributed by atoms with Crippen LogP contribution in [0.25, 0.3) is 0 Å². The molecular weight excluding hydrogens is 210 g/mol. The number of hydrogen-bond acceptors (Lipinski definition) is 2. The number of ether oxygens (including phenoxy) is 1. The number of fused-ring (bicyclic) bond motifs is 1. The van der Waals surface area contributed by atoms with Crippen LogP contribution in [0.2, 0.25) is 0 Å². The smallest absolute Gasteiger partial charge is 0.145 e. The molecule has 0 aromatic heterocycles. The number of nitrogens with zero attached hydrogens (tertiary/aromatic N) is 1. The summed E-state index contributed by atoms with van der Waals surface area (Å²) in [6.07, 6.45) is 2.78. The average Bonchev–Trinajstić information content (AvgIpc) is 2.40. The first-order valence-corrected chi connectivity index (χ1v) is 5.75. The highest BCUT2D eigenvalue weighted by atomic mass is 16.5. The largest absolute Gasteiger partial charge is 0.482 e. The molecule has 1 atom stereocenters. The van der Waals surface area contributed by atoms with Gasteiger partial charge in [-0.2, -0.15) is 0 Å². The van der Waals surface area contributed by atoms with Crippen molar-refractivity contribution in [3.05, 3.63) is 60.2 Å². The highest BCUT2D eigenvalue weighted by Gasteiger charge is 2.15. The van der Waals surface area contributed by atoms with Crippen LogP contribution in [0.5, 0.6) is 5.75 Å². The quantitative estimate of drug-likeness (QED) is 0.764. The molecule has 0 N–H and O–H groups in total. The molecule has 0 amide bonds. The maximum Gasteiger partial charge on any atom is 0.145 e. The molecule has 0 radical (unpaired) electrons. The minimum Gasteiger partial charge on any atom is -0.482 e. The van der Waals surface area contributed by atoms with Crippen LogP contribution in [0.3, 0.4) is 0 Å². The van der Waals surface area contributed by atoms with E-state index in [0.29, 0.717) is 0 Å². The van der Waals surface area contributed by atoms with Crippen molar-refractivity contribution in [2.75, 3.05) is 0 Å². The lowest BCUT2D eigenvalue weighted by Crippen LogP contribution is -2.23. The lowest BCUT2D eigenvalue weighted by molar-refractivity contribution is 0.269. The molecule has 0 aliphatic carbocycles. The molecule has 84 valence electrons. The van der Waals surface area contributed by atoms with Gasteiger partial charge < -0.3 is 4.74 Å². The van der Waals surface area contributed by atoms with Gasteiger partial charge in [0.1, 0.15) is 17.5 Å². The molecule has 2 aromatic carbocycles.